The molecule has 0 fully saturated rings. The van der Waals surface area contributed by atoms with Crippen LogP contribution in [0, 0.1) is 0 Å². The Bertz CT molecular complexity index is 2630. The summed E-state index contributed by atoms with van der Waals surface area (Å²) in [7, 11) is 0. The number of para-hydroxylation sites is 1. The van der Waals surface area contributed by atoms with Crippen LogP contribution in [0.4, 0.5) is 0 Å². The Morgan fingerprint density at radius 1 is 0.481 bits per heavy atom. The van der Waals surface area contributed by atoms with Crippen LogP contribution in [0.2, 0.25) is 0 Å². The van der Waals surface area contributed by atoms with E-state index in [0.29, 0.717) is 0 Å². The first kappa shape index (κ1) is 30.6. The molecule has 3 heteroatoms. The fraction of sp³-hybridized carbons (Fsp3) is 0.102. The Morgan fingerprint density at radius 2 is 1.06 bits per heavy atom. The van der Waals surface area contributed by atoms with Gasteiger partial charge in [0.05, 0.1) is 17.1 Å². The van der Waals surface area contributed by atoms with Gasteiger partial charge in [-0.15, -0.1) is 0 Å². The summed E-state index contributed by atoms with van der Waals surface area (Å²) < 4.78 is 2.49. The third kappa shape index (κ3) is 4.92. The molecule has 2 N–H and O–H groups in total. The normalized spacial score (nSPS) is 17.4. The number of fused-ring (bicyclic) bond motifs is 6. The monoisotopic (exact) mass is 669 g/mol. The number of rotatable bonds is 5. The molecule has 1 aromatic heterocycles. The molecule has 0 saturated heterocycles. The first-order valence-electron chi connectivity index (χ1n) is 18.3. The van der Waals surface area contributed by atoms with Gasteiger partial charge in [0.2, 0.25) is 0 Å². The fourth-order valence-electron chi connectivity index (χ4n) is 8.59. The summed E-state index contributed by atoms with van der Waals surface area (Å²) in [6, 6.07) is 61.9. The van der Waals surface area contributed by atoms with Crippen LogP contribution < -0.4 is 10.6 Å². The van der Waals surface area contributed by atoms with Gasteiger partial charge in [0.25, 0.3) is 0 Å². The molecule has 52 heavy (non-hydrogen) atoms. The van der Waals surface area contributed by atoms with E-state index in [1.807, 2.05) is 0 Å². The zero-order valence-electron chi connectivity index (χ0n) is 29.3. The minimum atomic E-state index is -0.208. The number of benzene rings is 7. The van der Waals surface area contributed by atoms with Crippen LogP contribution >= 0.6 is 0 Å². The summed E-state index contributed by atoms with van der Waals surface area (Å²) in [4.78, 5) is 0. The third-order valence-corrected chi connectivity index (χ3v) is 11.3. The molecule has 2 aliphatic rings. The van der Waals surface area contributed by atoms with Gasteiger partial charge in [-0.3, -0.25) is 5.32 Å². The standard InChI is InChI=1S/C49H39N3/c1-49(2)42-19-11-9-17-38(42)40-29-41-39-18-10-12-20-46(39)52(47(41)30-43(40)49)48-50-44(36-25-21-34(22-26-36)32-13-5-3-6-14-32)31-45(51-48)37-27-23-35(24-28-37)33-15-7-4-8-16-33/h3-31,44,48,50-51H,1-2H3. The summed E-state index contributed by atoms with van der Waals surface area (Å²) in [5.74, 6) is 0. The van der Waals surface area contributed by atoms with Crippen molar-refractivity contribution < 1.29 is 0 Å². The predicted molar refractivity (Wildman–Crippen MR) is 217 cm³/mol. The molecule has 0 radical (unpaired) electrons. The molecule has 0 amide bonds. The smallest absolute Gasteiger partial charge is 0.160 e. The highest BCUT2D eigenvalue weighted by atomic mass is 15.3. The van der Waals surface area contributed by atoms with Crippen molar-refractivity contribution in [2.75, 3.05) is 0 Å². The van der Waals surface area contributed by atoms with E-state index < -0.39 is 0 Å². The zero-order valence-corrected chi connectivity index (χ0v) is 29.3. The second kappa shape index (κ2) is 12.0. The van der Waals surface area contributed by atoms with E-state index in [1.54, 1.807) is 0 Å². The maximum absolute atomic E-state index is 4.03. The van der Waals surface area contributed by atoms with Gasteiger partial charge in [0, 0.05) is 21.9 Å². The second-order valence-corrected chi connectivity index (χ2v) is 14.7. The molecule has 2 heterocycles. The lowest BCUT2D eigenvalue weighted by Gasteiger charge is -2.35. The van der Waals surface area contributed by atoms with Crippen molar-refractivity contribution in [3.05, 3.63) is 198 Å². The molecule has 0 spiro atoms. The van der Waals surface area contributed by atoms with Crippen LogP contribution in [0.1, 0.15) is 48.4 Å². The molecule has 8 aromatic rings. The molecule has 1 aliphatic carbocycles. The topological polar surface area (TPSA) is 29.0 Å². The fourth-order valence-corrected chi connectivity index (χ4v) is 8.59. The van der Waals surface area contributed by atoms with Gasteiger partial charge in [-0.25, -0.2) is 0 Å². The zero-order chi connectivity index (χ0) is 34.8. The Kier molecular flexibility index (Phi) is 7.06. The van der Waals surface area contributed by atoms with E-state index in [1.165, 1.54) is 71.9 Å². The van der Waals surface area contributed by atoms with Crippen molar-refractivity contribution in [2.45, 2.75) is 31.6 Å². The lowest BCUT2D eigenvalue weighted by atomic mass is 9.82. The molecule has 3 nitrogen and oxygen atoms in total. The molecule has 2 atom stereocenters. The van der Waals surface area contributed by atoms with Crippen molar-refractivity contribution in [2.24, 2.45) is 0 Å². The molecule has 0 saturated carbocycles. The molecule has 2 unspecified atom stereocenters. The van der Waals surface area contributed by atoms with Gasteiger partial charge in [0.1, 0.15) is 0 Å². The largest absolute Gasteiger partial charge is 0.352 e. The number of aromatic nitrogens is 1. The minimum absolute atomic E-state index is 0.0220. The summed E-state index contributed by atoms with van der Waals surface area (Å²) in [6.45, 7) is 4.73. The average molecular weight is 670 g/mol. The van der Waals surface area contributed by atoms with Crippen molar-refractivity contribution in [3.8, 4) is 33.4 Å². The summed E-state index contributed by atoms with van der Waals surface area (Å²) in [5, 5.41) is 10.5. The maximum Gasteiger partial charge on any atom is 0.160 e. The molecule has 0 bridgehead atoms. The van der Waals surface area contributed by atoms with Crippen molar-refractivity contribution in [3.63, 3.8) is 0 Å². The summed E-state index contributed by atoms with van der Waals surface area (Å²) in [5.41, 5.74) is 16.2. The van der Waals surface area contributed by atoms with Gasteiger partial charge in [-0.05, 0) is 79.9 Å². The van der Waals surface area contributed by atoms with Gasteiger partial charge in [0.15, 0.2) is 6.29 Å². The van der Waals surface area contributed by atoms with E-state index in [4.69, 9.17) is 0 Å². The summed E-state index contributed by atoms with van der Waals surface area (Å²) >= 11 is 0. The molecular weight excluding hydrogens is 631 g/mol. The van der Waals surface area contributed by atoms with E-state index in [-0.39, 0.29) is 17.7 Å². The first-order chi connectivity index (χ1) is 25.5. The van der Waals surface area contributed by atoms with Gasteiger partial charge >= 0.3 is 0 Å². The quantitative estimate of drug-likeness (QED) is 0.191. The maximum atomic E-state index is 4.03. The minimum Gasteiger partial charge on any atom is -0.352 e. The van der Waals surface area contributed by atoms with Crippen LogP contribution in [0.25, 0.3) is 60.9 Å². The van der Waals surface area contributed by atoms with Crippen LogP contribution in [-0.4, -0.2) is 4.57 Å². The number of hydrogen-bond donors (Lipinski definition) is 2. The Morgan fingerprint density at radius 3 is 1.77 bits per heavy atom. The molecular formula is C49H39N3. The van der Waals surface area contributed by atoms with Crippen molar-refractivity contribution >= 4 is 27.5 Å². The SMILES string of the molecule is CC1(C)c2ccccc2-c2cc3c4ccccc4n(C4NC(c5ccc(-c6ccccc6)cc5)=CC(c5ccc(-c6ccccc6)cc5)N4)c3cc21. The predicted octanol–water partition coefficient (Wildman–Crippen LogP) is 11.9. The van der Waals surface area contributed by atoms with Crippen molar-refractivity contribution in [1.82, 2.24) is 15.2 Å². The average Bonchev–Trinajstić information content (AvgIpc) is 3.65. The number of nitrogens with one attached hydrogen (secondary N) is 2. The molecule has 250 valence electrons. The Labute approximate surface area is 304 Å². The first-order valence-corrected chi connectivity index (χ1v) is 18.3. The third-order valence-electron chi connectivity index (χ3n) is 11.3. The van der Waals surface area contributed by atoms with Gasteiger partial charge in [-0.1, -0.05) is 166 Å². The van der Waals surface area contributed by atoms with Crippen LogP contribution in [-0.2, 0) is 5.41 Å². The second-order valence-electron chi connectivity index (χ2n) is 14.7. The highest BCUT2D eigenvalue weighted by molar-refractivity contribution is 6.10. The van der Waals surface area contributed by atoms with E-state index in [2.05, 4.69) is 205 Å². The Hall–Kier alpha value is -6.16. The van der Waals surface area contributed by atoms with Crippen LogP contribution in [0.5, 0.6) is 0 Å². The molecule has 10 rings (SSSR count). The van der Waals surface area contributed by atoms with Gasteiger partial charge in [-0.2, -0.15) is 0 Å². The molecule has 7 aromatic carbocycles. The van der Waals surface area contributed by atoms with Crippen LogP contribution in [0.3, 0.4) is 0 Å². The number of nitrogens with zero attached hydrogens (tertiary/aromatic N) is 1. The lowest BCUT2D eigenvalue weighted by Crippen LogP contribution is -2.43. The highest BCUT2D eigenvalue weighted by Gasteiger charge is 2.37. The highest BCUT2D eigenvalue weighted by Crippen LogP contribution is 2.51. The van der Waals surface area contributed by atoms with E-state index >= 15 is 0 Å². The summed E-state index contributed by atoms with van der Waals surface area (Å²) in [6.07, 6.45) is 2.14. The lowest BCUT2D eigenvalue weighted by molar-refractivity contribution is 0.350. The van der Waals surface area contributed by atoms with Crippen LogP contribution in [0.15, 0.2) is 176 Å². The van der Waals surface area contributed by atoms with Crippen molar-refractivity contribution in [1.29, 1.82) is 0 Å². The Balaban J connectivity index is 1.11. The van der Waals surface area contributed by atoms with E-state index in [0.717, 1.165) is 11.3 Å². The number of hydrogen-bond acceptors (Lipinski definition) is 2. The van der Waals surface area contributed by atoms with Gasteiger partial charge < -0.3 is 9.88 Å². The molecule has 1 aliphatic heterocycles. The van der Waals surface area contributed by atoms with E-state index in [9.17, 15) is 0 Å².